The third-order valence-electron chi connectivity index (χ3n) is 3.40. The number of rotatable bonds is 1. The molecule has 3 nitrogen and oxygen atoms in total. The number of imidazole rings is 1. The Bertz CT molecular complexity index is 620. The molecule has 2 aromatic rings. The third kappa shape index (κ3) is 1.42. The van der Waals surface area contributed by atoms with Gasteiger partial charge in [-0.3, -0.25) is 9.36 Å². The molecule has 1 fully saturated rings. The minimum Gasteiger partial charge on any atom is -0.273 e. The predicted octanol–water partition coefficient (Wildman–Crippen LogP) is 3.26. The lowest BCUT2D eigenvalue weighted by atomic mass is 10.1. The van der Waals surface area contributed by atoms with Gasteiger partial charge in [0.15, 0.2) is 0 Å². The molecule has 1 aliphatic carbocycles. The fraction of sp³-hybridized carbons (Fsp3) is 0.333. The van der Waals surface area contributed by atoms with Crippen LogP contribution in [-0.4, -0.2) is 19.8 Å². The summed E-state index contributed by atoms with van der Waals surface area (Å²) in [5, 5.41) is 0. The molecule has 1 saturated carbocycles. The van der Waals surface area contributed by atoms with E-state index in [1.807, 2.05) is 24.3 Å². The van der Waals surface area contributed by atoms with Gasteiger partial charge in [-0.2, -0.15) is 0 Å². The van der Waals surface area contributed by atoms with E-state index in [0.717, 1.165) is 11.0 Å². The maximum Gasteiger partial charge on any atom is 0.241 e. The molecule has 0 aliphatic heterocycles. The smallest absolute Gasteiger partial charge is 0.241 e. The lowest BCUT2D eigenvalue weighted by Gasteiger charge is -2.11. The van der Waals surface area contributed by atoms with Crippen molar-refractivity contribution in [1.29, 1.82) is 0 Å². The Kier molecular flexibility index (Phi) is 2.11. The summed E-state index contributed by atoms with van der Waals surface area (Å²) in [6.07, 6.45) is 2.01. The molecule has 5 heteroatoms. The number of nitrogens with zero attached hydrogens (tertiary/aromatic N) is 2. The number of hydrogen-bond donors (Lipinski definition) is 0. The van der Waals surface area contributed by atoms with Crippen LogP contribution in [0, 0.1) is 5.41 Å². The topological polar surface area (TPSA) is 34.9 Å². The fourth-order valence-corrected chi connectivity index (χ4v) is 2.71. The molecule has 3 rings (SSSR count). The number of benzene rings is 1. The highest BCUT2D eigenvalue weighted by Crippen LogP contribution is 2.64. The van der Waals surface area contributed by atoms with E-state index in [0.29, 0.717) is 6.42 Å². The van der Waals surface area contributed by atoms with Gasteiger partial charge in [0.1, 0.15) is 10.7 Å². The number of carbonyl (C=O) groups is 1. The fourth-order valence-electron chi connectivity index (χ4n) is 2.02. The van der Waals surface area contributed by atoms with Gasteiger partial charge < -0.3 is 0 Å². The van der Waals surface area contributed by atoms with Crippen LogP contribution in [0.5, 0.6) is 0 Å². The Morgan fingerprint density at radius 2 is 2.06 bits per heavy atom. The van der Waals surface area contributed by atoms with E-state index in [9.17, 15) is 4.79 Å². The van der Waals surface area contributed by atoms with Crippen LogP contribution in [0.4, 0.5) is 0 Å². The Hall–Kier alpha value is -1.06. The first-order chi connectivity index (χ1) is 7.96. The van der Waals surface area contributed by atoms with Gasteiger partial charge in [-0.1, -0.05) is 12.1 Å². The minimum atomic E-state index is -0.949. The molecule has 17 heavy (non-hydrogen) atoms. The van der Waals surface area contributed by atoms with Crippen molar-refractivity contribution in [1.82, 2.24) is 9.55 Å². The van der Waals surface area contributed by atoms with Crippen molar-refractivity contribution in [2.24, 2.45) is 5.41 Å². The summed E-state index contributed by atoms with van der Waals surface area (Å²) >= 11 is 12.0. The van der Waals surface area contributed by atoms with Crippen molar-refractivity contribution in [3.05, 3.63) is 30.6 Å². The molecule has 0 spiro atoms. The monoisotopic (exact) mass is 268 g/mol. The molecule has 0 amide bonds. The maximum atomic E-state index is 12.4. The molecule has 0 bridgehead atoms. The second-order valence-electron chi connectivity index (χ2n) is 4.62. The molecule has 1 heterocycles. The van der Waals surface area contributed by atoms with Gasteiger partial charge in [-0.15, -0.1) is 23.2 Å². The molecule has 0 unspecified atom stereocenters. The van der Waals surface area contributed by atoms with Gasteiger partial charge in [-0.05, 0) is 25.5 Å². The van der Waals surface area contributed by atoms with Crippen LogP contribution >= 0.6 is 23.2 Å². The number of alkyl halides is 2. The standard InChI is InChI=1S/C12H10Cl2N2O/c1-11(6-12(11,13)14)10(17)16-7-15-8-4-2-3-5-9(8)16/h2-5,7H,6H2,1H3/t11-/m0/s1. The van der Waals surface area contributed by atoms with Crippen LogP contribution in [0.15, 0.2) is 30.6 Å². The molecule has 88 valence electrons. The molecular formula is C12H10Cl2N2O. The van der Waals surface area contributed by atoms with Gasteiger partial charge in [0.05, 0.1) is 16.4 Å². The first-order valence-corrected chi connectivity index (χ1v) is 6.06. The van der Waals surface area contributed by atoms with Crippen LogP contribution in [0.3, 0.4) is 0 Å². The van der Waals surface area contributed by atoms with Crippen molar-refractivity contribution in [2.75, 3.05) is 0 Å². The molecule has 1 aromatic carbocycles. The molecule has 0 radical (unpaired) electrons. The van der Waals surface area contributed by atoms with Gasteiger partial charge in [0, 0.05) is 0 Å². The highest BCUT2D eigenvalue weighted by atomic mass is 35.5. The molecular weight excluding hydrogens is 259 g/mol. The van der Waals surface area contributed by atoms with Crippen LogP contribution in [0.1, 0.15) is 18.1 Å². The first kappa shape index (κ1) is 11.1. The van der Waals surface area contributed by atoms with E-state index in [1.165, 1.54) is 10.9 Å². The average molecular weight is 269 g/mol. The zero-order valence-electron chi connectivity index (χ0n) is 9.15. The Labute approximate surface area is 108 Å². The Balaban J connectivity index is 2.09. The van der Waals surface area contributed by atoms with Crippen molar-refractivity contribution in [3.63, 3.8) is 0 Å². The van der Waals surface area contributed by atoms with Gasteiger partial charge in [0.25, 0.3) is 0 Å². The normalized spacial score (nSPS) is 26.1. The summed E-state index contributed by atoms with van der Waals surface area (Å²) in [5.41, 5.74) is 0.870. The summed E-state index contributed by atoms with van der Waals surface area (Å²) in [7, 11) is 0. The summed E-state index contributed by atoms with van der Waals surface area (Å²) in [4.78, 5) is 16.6. The number of fused-ring (bicyclic) bond motifs is 1. The largest absolute Gasteiger partial charge is 0.273 e. The summed E-state index contributed by atoms with van der Waals surface area (Å²) in [6.45, 7) is 1.78. The lowest BCUT2D eigenvalue weighted by molar-refractivity contribution is 0.0829. The van der Waals surface area contributed by atoms with E-state index >= 15 is 0 Å². The van der Waals surface area contributed by atoms with Crippen molar-refractivity contribution < 1.29 is 4.79 Å². The van der Waals surface area contributed by atoms with Crippen LogP contribution < -0.4 is 0 Å². The number of aromatic nitrogens is 2. The number of carbonyl (C=O) groups excluding carboxylic acids is 1. The van der Waals surface area contributed by atoms with Gasteiger partial charge in [-0.25, -0.2) is 4.98 Å². The van der Waals surface area contributed by atoms with Crippen LogP contribution in [0.2, 0.25) is 0 Å². The van der Waals surface area contributed by atoms with E-state index in [-0.39, 0.29) is 5.91 Å². The molecule has 1 atom stereocenters. The van der Waals surface area contributed by atoms with Crippen molar-refractivity contribution >= 4 is 40.1 Å². The number of halogens is 2. The molecule has 0 N–H and O–H groups in total. The van der Waals surface area contributed by atoms with Crippen molar-refractivity contribution in [3.8, 4) is 0 Å². The molecule has 0 saturated heterocycles. The second-order valence-corrected chi connectivity index (χ2v) is 6.11. The second kappa shape index (κ2) is 3.24. The zero-order chi connectivity index (χ0) is 12.3. The van der Waals surface area contributed by atoms with E-state index in [1.54, 1.807) is 6.92 Å². The Morgan fingerprint density at radius 1 is 1.41 bits per heavy atom. The number of para-hydroxylation sites is 2. The molecule has 1 aliphatic rings. The quantitative estimate of drug-likeness (QED) is 0.745. The first-order valence-electron chi connectivity index (χ1n) is 5.30. The summed E-state index contributed by atoms with van der Waals surface area (Å²) in [5.74, 6) is -0.101. The average Bonchev–Trinajstić information content (AvgIpc) is 2.67. The van der Waals surface area contributed by atoms with Crippen LogP contribution in [0.25, 0.3) is 11.0 Å². The van der Waals surface area contributed by atoms with Crippen LogP contribution in [-0.2, 0) is 0 Å². The maximum absolute atomic E-state index is 12.4. The highest BCUT2D eigenvalue weighted by Gasteiger charge is 2.68. The predicted molar refractivity (Wildman–Crippen MR) is 67.5 cm³/mol. The Morgan fingerprint density at radius 3 is 2.71 bits per heavy atom. The van der Waals surface area contributed by atoms with E-state index < -0.39 is 9.75 Å². The SMILES string of the molecule is C[C@@]1(C(=O)n2cnc3ccccc32)CC1(Cl)Cl. The number of hydrogen-bond acceptors (Lipinski definition) is 2. The lowest BCUT2D eigenvalue weighted by Crippen LogP contribution is -2.24. The molecule has 1 aromatic heterocycles. The zero-order valence-corrected chi connectivity index (χ0v) is 10.7. The van der Waals surface area contributed by atoms with Gasteiger partial charge >= 0.3 is 0 Å². The third-order valence-corrected chi connectivity index (χ3v) is 4.50. The summed E-state index contributed by atoms with van der Waals surface area (Å²) in [6, 6.07) is 7.48. The van der Waals surface area contributed by atoms with E-state index in [4.69, 9.17) is 23.2 Å². The minimum absolute atomic E-state index is 0.101. The van der Waals surface area contributed by atoms with Crippen molar-refractivity contribution in [2.45, 2.75) is 17.7 Å². The summed E-state index contributed by atoms with van der Waals surface area (Å²) < 4.78 is 0.581. The van der Waals surface area contributed by atoms with E-state index in [2.05, 4.69) is 4.98 Å². The van der Waals surface area contributed by atoms with Gasteiger partial charge in [0.2, 0.25) is 5.91 Å². The highest BCUT2D eigenvalue weighted by molar-refractivity contribution is 6.53.